The van der Waals surface area contributed by atoms with Crippen molar-refractivity contribution in [1.82, 2.24) is 15.2 Å². The molecule has 0 fully saturated rings. The zero-order valence-electron chi connectivity index (χ0n) is 11.6. The quantitative estimate of drug-likeness (QED) is 0.709. The van der Waals surface area contributed by atoms with Crippen LogP contribution in [0, 0.1) is 6.92 Å². The fourth-order valence-corrected chi connectivity index (χ4v) is 4.09. The highest BCUT2D eigenvalue weighted by molar-refractivity contribution is 8.00. The number of nitrogens with one attached hydrogen (secondary N) is 1. The molecule has 0 saturated heterocycles. The number of aromatic nitrogens is 3. The number of carbonyl (C=O) groups excluding carboxylic acids is 1. The molecule has 3 aromatic rings. The van der Waals surface area contributed by atoms with Gasteiger partial charge in [-0.15, -0.1) is 21.5 Å². The maximum atomic E-state index is 12.4. The molecule has 2 heterocycles. The van der Waals surface area contributed by atoms with Gasteiger partial charge >= 0.3 is 0 Å². The van der Waals surface area contributed by atoms with E-state index >= 15 is 0 Å². The lowest BCUT2D eigenvalue weighted by molar-refractivity contribution is 0.102. The molecule has 0 radical (unpaired) electrons. The molecular weight excluding hydrogens is 336 g/mol. The average Bonchev–Trinajstić information content (AvgIpc) is 3.17. The van der Waals surface area contributed by atoms with Gasteiger partial charge in [0.25, 0.3) is 5.91 Å². The second kappa shape index (κ2) is 6.99. The topological polar surface area (TPSA) is 67.8 Å². The number of thiazole rings is 1. The minimum Gasteiger partial charge on any atom is -0.296 e. The third-order valence-corrected chi connectivity index (χ3v) is 5.59. The molecule has 0 aliphatic heterocycles. The van der Waals surface area contributed by atoms with E-state index in [0.717, 1.165) is 15.6 Å². The molecule has 0 spiro atoms. The molecule has 1 aromatic carbocycles. The summed E-state index contributed by atoms with van der Waals surface area (Å²) in [4.78, 5) is 16.8. The summed E-state index contributed by atoms with van der Waals surface area (Å²) in [6.07, 6.45) is 0. The SMILES string of the molecule is Cc1csc(SCc2ccccc2C(=O)Nc2nncs2)n1. The highest BCUT2D eigenvalue weighted by Crippen LogP contribution is 2.27. The van der Waals surface area contributed by atoms with Gasteiger partial charge in [0, 0.05) is 22.4 Å². The Labute approximate surface area is 139 Å². The minimum atomic E-state index is -0.164. The summed E-state index contributed by atoms with van der Waals surface area (Å²) in [6, 6.07) is 7.57. The largest absolute Gasteiger partial charge is 0.296 e. The van der Waals surface area contributed by atoms with Crippen LogP contribution in [0.5, 0.6) is 0 Å². The summed E-state index contributed by atoms with van der Waals surface area (Å²) in [7, 11) is 0. The first kappa shape index (κ1) is 15.1. The lowest BCUT2D eigenvalue weighted by Crippen LogP contribution is -2.13. The lowest BCUT2D eigenvalue weighted by atomic mass is 10.1. The number of nitrogens with zero attached hydrogens (tertiary/aromatic N) is 3. The number of rotatable bonds is 5. The highest BCUT2D eigenvalue weighted by Gasteiger charge is 2.13. The maximum absolute atomic E-state index is 12.4. The number of benzene rings is 1. The summed E-state index contributed by atoms with van der Waals surface area (Å²) >= 11 is 4.55. The van der Waals surface area contributed by atoms with Crippen LogP contribution in [-0.2, 0) is 5.75 Å². The molecule has 0 atom stereocenters. The molecule has 1 amide bonds. The Balaban J connectivity index is 1.73. The molecule has 8 heteroatoms. The normalized spacial score (nSPS) is 10.6. The van der Waals surface area contributed by atoms with Crippen molar-refractivity contribution in [3.05, 3.63) is 52.0 Å². The van der Waals surface area contributed by atoms with Crippen molar-refractivity contribution in [1.29, 1.82) is 0 Å². The van der Waals surface area contributed by atoms with E-state index in [9.17, 15) is 4.79 Å². The fourth-order valence-electron chi connectivity index (χ4n) is 1.80. The Morgan fingerprint density at radius 1 is 1.32 bits per heavy atom. The predicted molar refractivity (Wildman–Crippen MR) is 90.7 cm³/mol. The van der Waals surface area contributed by atoms with Crippen molar-refractivity contribution in [2.45, 2.75) is 17.0 Å². The van der Waals surface area contributed by atoms with Crippen LogP contribution in [0.4, 0.5) is 5.13 Å². The third-order valence-electron chi connectivity index (χ3n) is 2.79. The molecule has 0 unspecified atom stereocenters. The molecule has 0 bridgehead atoms. The molecule has 112 valence electrons. The van der Waals surface area contributed by atoms with Crippen molar-refractivity contribution in [2.75, 3.05) is 5.32 Å². The van der Waals surface area contributed by atoms with Crippen LogP contribution in [0.25, 0.3) is 0 Å². The summed E-state index contributed by atoms with van der Waals surface area (Å²) < 4.78 is 1.01. The van der Waals surface area contributed by atoms with Gasteiger partial charge < -0.3 is 0 Å². The van der Waals surface area contributed by atoms with Crippen LogP contribution in [0.1, 0.15) is 21.6 Å². The molecule has 5 nitrogen and oxygen atoms in total. The molecule has 3 rings (SSSR count). The van der Waals surface area contributed by atoms with Crippen LogP contribution >= 0.6 is 34.4 Å². The number of amides is 1. The molecule has 0 saturated carbocycles. The Kier molecular flexibility index (Phi) is 4.81. The van der Waals surface area contributed by atoms with Crippen LogP contribution < -0.4 is 5.32 Å². The number of aryl methyl sites for hydroxylation is 1. The van der Waals surface area contributed by atoms with E-state index in [1.54, 1.807) is 28.6 Å². The van der Waals surface area contributed by atoms with Crippen molar-refractivity contribution in [3.8, 4) is 0 Å². The third kappa shape index (κ3) is 3.70. The summed E-state index contributed by atoms with van der Waals surface area (Å²) in [5.74, 6) is 0.537. The Morgan fingerprint density at radius 2 is 2.18 bits per heavy atom. The number of hydrogen-bond donors (Lipinski definition) is 1. The van der Waals surface area contributed by atoms with E-state index < -0.39 is 0 Å². The van der Waals surface area contributed by atoms with Crippen LogP contribution in [0.3, 0.4) is 0 Å². The standard InChI is InChI=1S/C14H12N4OS3/c1-9-6-20-14(16-9)21-7-10-4-2-3-5-11(10)12(19)17-13-18-15-8-22-13/h2-6,8H,7H2,1H3,(H,17,18,19). The second-order valence-electron chi connectivity index (χ2n) is 4.40. The lowest BCUT2D eigenvalue weighted by Gasteiger charge is -2.07. The van der Waals surface area contributed by atoms with Gasteiger partial charge in [0.05, 0.1) is 0 Å². The van der Waals surface area contributed by atoms with E-state index in [1.165, 1.54) is 11.3 Å². The van der Waals surface area contributed by atoms with E-state index in [0.29, 0.717) is 16.4 Å². The average molecular weight is 348 g/mol. The van der Waals surface area contributed by atoms with Gasteiger partial charge in [-0.25, -0.2) is 4.98 Å². The van der Waals surface area contributed by atoms with Gasteiger partial charge in [-0.05, 0) is 18.6 Å². The Morgan fingerprint density at radius 3 is 2.91 bits per heavy atom. The molecule has 2 aromatic heterocycles. The number of carbonyl (C=O) groups is 1. The van der Waals surface area contributed by atoms with E-state index in [1.807, 2.05) is 36.6 Å². The monoisotopic (exact) mass is 348 g/mol. The molecule has 1 N–H and O–H groups in total. The van der Waals surface area contributed by atoms with E-state index in [-0.39, 0.29) is 5.91 Å². The zero-order chi connectivity index (χ0) is 15.4. The summed E-state index contributed by atoms with van der Waals surface area (Å²) in [6.45, 7) is 1.98. The van der Waals surface area contributed by atoms with Gasteiger partial charge in [0.15, 0.2) is 0 Å². The van der Waals surface area contributed by atoms with Crippen LogP contribution in [0.15, 0.2) is 39.5 Å². The first-order valence-corrected chi connectivity index (χ1v) is 9.17. The van der Waals surface area contributed by atoms with Crippen molar-refractivity contribution in [2.24, 2.45) is 0 Å². The van der Waals surface area contributed by atoms with E-state index in [4.69, 9.17) is 0 Å². The van der Waals surface area contributed by atoms with Crippen LogP contribution in [-0.4, -0.2) is 21.1 Å². The number of hydrogen-bond acceptors (Lipinski definition) is 7. The predicted octanol–water partition coefficient (Wildman–Crippen LogP) is 3.85. The summed E-state index contributed by atoms with van der Waals surface area (Å²) in [5, 5.41) is 12.8. The molecule has 22 heavy (non-hydrogen) atoms. The molecular formula is C14H12N4OS3. The van der Waals surface area contributed by atoms with Crippen molar-refractivity contribution in [3.63, 3.8) is 0 Å². The molecule has 0 aliphatic carbocycles. The first-order chi connectivity index (χ1) is 10.7. The zero-order valence-corrected chi connectivity index (χ0v) is 14.1. The maximum Gasteiger partial charge on any atom is 0.257 e. The van der Waals surface area contributed by atoms with Gasteiger partial charge in [0.1, 0.15) is 9.85 Å². The van der Waals surface area contributed by atoms with E-state index in [2.05, 4.69) is 20.5 Å². The van der Waals surface area contributed by atoms with Gasteiger partial charge in [-0.3, -0.25) is 10.1 Å². The van der Waals surface area contributed by atoms with Crippen molar-refractivity contribution >= 4 is 45.5 Å². The highest BCUT2D eigenvalue weighted by atomic mass is 32.2. The van der Waals surface area contributed by atoms with Gasteiger partial charge in [0.2, 0.25) is 5.13 Å². The smallest absolute Gasteiger partial charge is 0.257 e. The first-order valence-electron chi connectivity index (χ1n) is 6.43. The van der Waals surface area contributed by atoms with Crippen molar-refractivity contribution < 1.29 is 4.79 Å². The summed E-state index contributed by atoms with van der Waals surface area (Å²) in [5.41, 5.74) is 4.23. The Hall–Kier alpha value is -1.77. The molecule has 0 aliphatic rings. The number of thioether (sulfide) groups is 1. The Bertz CT molecular complexity index is 770. The number of anilines is 1. The fraction of sp³-hybridized carbons (Fsp3) is 0.143. The van der Waals surface area contributed by atoms with Crippen LogP contribution in [0.2, 0.25) is 0 Å². The van der Waals surface area contributed by atoms with Gasteiger partial charge in [-0.2, -0.15) is 0 Å². The minimum absolute atomic E-state index is 0.164. The van der Waals surface area contributed by atoms with Gasteiger partial charge in [-0.1, -0.05) is 41.3 Å². The second-order valence-corrected chi connectivity index (χ2v) is 7.31.